The predicted molar refractivity (Wildman–Crippen MR) is 89.2 cm³/mol. The zero-order valence-corrected chi connectivity index (χ0v) is 13.4. The molecule has 0 fully saturated rings. The Bertz CT molecular complexity index is 676. The van der Waals surface area contributed by atoms with Crippen LogP contribution in [0.4, 0.5) is 0 Å². The number of halogens is 1. The first-order valence-electron chi connectivity index (χ1n) is 6.66. The fourth-order valence-corrected chi connectivity index (χ4v) is 3.15. The first kappa shape index (κ1) is 15.7. The molecule has 2 aromatic rings. The van der Waals surface area contributed by atoms with Crippen molar-refractivity contribution >= 4 is 29.0 Å². The molecule has 1 heterocycles. The van der Waals surface area contributed by atoms with Crippen molar-refractivity contribution in [1.29, 1.82) is 0 Å². The largest absolute Gasteiger partial charge is 0.259 e. The Morgan fingerprint density at radius 3 is 2.76 bits per heavy atom. The number of rotatable bonds is 5. The minimum Gasteiger partial charge on any atom is -0.259 e. The first-order chi connectivity index (χ1) is 9.95. The van der Waals surface area contributed by atoms with Crippen molar-refractivity contribution in [3.05, 3.63) is 62.1 Å². The lowest BCUT2D eigenvalue weighted by atomic mass is 10.1. The highest BCUT2D eigenvalue weighted by atomic mass is 35.5. The van der Waals surface area contributed by atoms with Crippen molar-refractivity contribution in [3.63, 3.8) is 0 Å². The van der Waals surface area contributed by atoms with Gasteiger partial charge < -0.3 is 0 Å². The van der Waals surface area contributed by atoms with E-state index in [-0.39, 0.29) is 16.5 Å². The second-order valence-electron chi connectivity index (χ2n) is 5.20. The smallest absolute Gasteiger partial charge is 0.247 e. The monoisotopic (exact) mass is 321 g/mol. The van der Waals surface area contributed by atoms with Crippen LogP contribution in [0.5, 0.6) is 0 Å². The molecule has 0 unspecified atom stereocenters. The van der Waals surface area contributed by atoms with Gasteiger partial charge in [0.15, 0.2) is 0 Å². The fraction of sp³-hybridized carbons (Fsp3) is 0.250. The maximum atomic E-state index is 11.1. The SMILES string of the molecule is CC(C)CC(=Cc1ccc(-c2cccc(Cl)c2)s1)[N+](=O)[O-]. The van der Waals surface area contributed by atoms with Crippen molar-refractivity contribution in [2.24, 2.45) is 5.92 Å². The summed E-state index contributed by atoms with van der Waals surface area (Å²) in [4.78, 5) is 12.7. The summed E-state index contributed by atoms with van der Waals surface area (Å²) in [5, 5.41) is 11.8. The molecule has 0 spiro atoms. The van der Waals surface area contributed by atoms with E-state index in [4.69, 9.17) is 11.6 Å². The van der Waals surface area contributed by atoms with Gasteiger partial charge in [-0.2, -0.15) is 0 Å². The lowest BCUT2D eigenvalue weighted by Gasteiger charge is -2.01. The maximum Gasteiger partial charge on any atom is 0.247 e. The fourth-order valence-electron chi connectivity index (χ4n) is 2.00. The maximum absolute atomic E-state index is 11.1. The third kappa shape index (κ3) is 4.41. The summed E-state index contributed by atoms with van der Waals surface area (Å²) in [5.41, 5.74) is 1.28. The van der Waals surface area contributed by atoms with Gasteiger partial charge in [0, 0.05) is 27.3 Å². The van der Waals surface area contributed by atoms with E-state index in [9.17, 15) is 10.1 Å². The molecule has 2 rings (SSSR count). The number of nitrogens with zero attached hydrogens (tertiary/aromatic N) is 1. The van der Waals surface area contributed by atoms with E-state index in [1.165, 1.54) is 11.3 Å². The number of benzene rings is 1. The molecular formula is C16H16ClNO2S. The van der Waals surface area contributed by atoms with Gasteiger partial charge in [-0.3, -0.25) is 10.1 Å². The van der Waals surface area contributed by atoms with E-state index in [1.807, 2.05) is 50.2 Å². The van der Waals surface area contributed by atoms with Gasteiger partial charge in [-0.25, -0.2) is 0 Å². The summed E-state index contributed by atoms with van der Waals surface area (Å²) in [6.07, 6.45) is 2.14. The van der Waals surface area contributed by atoms with Crippen molar-refractivity contribution in [1.82, 2.24) is 0 Å². The lowest BCUT2D eigenvalue weighted by Crippen LogP contribution is -2.01. The summed E-state index contributed by atoms with van der Waals surface area (Å²) < 4.78 is 0. The van der Waals surface area contributed by atoms with Crippen molar-refractivity contribution in [2.75, 3.05) is 0 Å². The molecule has 1 aromatic carbocycles. The van der Waals surface area contributed by atoms with E-state index in [1.54, 1.807) is 6.08 Å². The van der Waals surface area contributed by atoms with Crippen LogP contribution >= 0.6 is 22.9 Å². The Morgan fingerprint density at radius 2 is 2.14 bits per heavy atom. The molecular weight excluding hydrogens is 306 g/mol. The van der Waals surface area contributed by atoms with Crippen molar-refractivity contribution in [2.45, 2.75) is 20.3 Å². The minimum atomic E-state index is -0.293. The van der Waals surface area contributed by atoms with Gasteiger partial charge in [0.05, 0.1) is 4.92 Å². The van der Waals surface area contributed by atoms with E-state index in [0.29, 0.717) is 11.4 Å². The zero-order valence-electron chi connectivity index (χ0n) is 11.9. The van der Waals surface area contributed by atoms with Crippen LogP contribution in [0.25, 0.3) is 16.5 Å². The molecule has 0 N–H and O–H groups in total. The summed E-state index contributed by atoms with van der Waals surface area (Å²) in [6.45, 7) is 3.95. The van der Waals surface area contributed by atoms with Gasteiger partial charge >= 0.3 is 0 Å². The second kappa shape index (κ2) is 6.87. The van der Waals surface area contributed by atoms with Crippen LogP contribution in [0.1, 0.15) is 25.1 Å². The summed E-state index contributed by atoms with van der Waals surface area (Å²) in [7, 11) is 0. The molecule has 0 aliphatic carbocycles. The van der Waals surface area contributed by atoms with Crippen molar-refractivity contribution in [3.8, 4) is 10.4 Å². The van der Waals surface area contributed by atoms with E-state index >= 15 is 0 Å². The summed E-state index contributed by atoms with van der Waals surface area (Å²) >= 11 is 7.52. The molecule has 0 atom stereocenters. The highest BCUT2D eigenvalue weighted by Gasteiger charge is 2.14. The van der Waals surface area contributed by atoms with Crippen LogP contribution in [0.2, 0.25) is 5.02 Å². The standard InChI is InChI=1S/C16H16ClNO2S/c1-11(2)8-14(18(19)20)10-15-6-7-16(21-15)12-4-3-5-13(17)9-12/h3-7,9-11H,8H2,1-2H3. The molecule has 21 heavy (non-hydrogen) atoms. The third-order valence-corrected chi connectivity index (χ3v) is 4.21. The molecule has 0 bridgehead atoms. The van der Waals surface area contributed by atoms with Crippen molar-refractivity contribution < 1.29 is 4.92 Å². The van der Waals surface area contributed by atoms with Gasteiger partial charge in [0.25, 0.3) is 0 Å². The van der Waals surface area contributed by atoms with E-state index < -0.39 is 0 Å². The molecule has 0 aliphatic rings. The Morgan fingerprint density at radius 1 is 1.38 bits per heavy atom. The molecule has 110 valence electrons. The van der Waals surface area contributed by atoms with E-state index in [2.05, 4.69) is 0 Å². The number of hydrogen-bond acceptors (Lipinski definition) is 3. The minimum absolute atomic E-state index is 0.254. The highest BCUT2D eigenvalue weighted by molar-refractivity contribution is 7.16. The molecule has 0 saturated heterocycles. The number of allylic oxidation sites excluding steroid dienone is 1. The second-order valence-corrected chi connectivity index (χ2v) is 6.75. The zero-order chi connectivity index (χ0) is 15.4. The Kier molecular flexibility index (Phi) is 5.15. The Labute approximate surface area is 133 Å². The highest BCUT2D eigenvalue weighted by Crippen LogP contribution is 2.31. The quantitative estimate of drug-likeness (QED) is 0.521. The summed E-state index contributed by atoms with van der Waals surface area (Å²) in [6, 6.07) is 11.5. The average Bonchev–Trinajstić information content (AvgIpc) is 2.86. The normalized spacial score (nSPS) is 11.9. The van der Waals surface area contributed by atoms with E-state index in [0.717, 1.165) is 15.3 Å². The van der Waals surface area contributed by atoms with Gasteiger partial charge in [-0.1, -0.05) is 37.6 Å². The first-order valence-corrected chi connectivity index (χ1v) is 7.86. The van der Waals surface area contributed by atoms with Crippen LogP contribution in [0.15, 0.2) is 42.1 Å². The molecule has 0 radical (unpaired) electrons. The molecule has 1 aromatic heterocycles. The number of hydrogen-bond donors (Lipinski definition) is 0. The van der Waals surface area contributed by atoms with Gasteiger partial charge in [-0.15, -0.1) is 11.3 Å². The molecule has 3 nitrogen and oxygen atoms in total. The Balaban J connectivity index is 2.28. The molecule has 5 heteroatoms. The average molecular weight is 322 g/mol. The van der Waals surface area contributed by atoms with Crippen LogP contribution in [-0.2, 0) is 0 Å². The van der Waals surface area contributed by atoms with Crippen LogP contribution in [0.3, 0.4) is 0 Å². The van der Waals surface area contributed by atoms with Crippen LogP contribution < -0.4 is 0 Å². The summed E-state index contributed by atoms with van der Waals surface area (Å²) in [5.74, 6) is 0.258. The Hall–Kier alpha value is -1.65. The molecule has 0 saturated carbocycles. The van der Waals surface area contributed by atoms with Crippen LogP contribution in [-0.4, -0.2) is 4.92 Å². The van der Waals surface area contributed by atoms with Gasteiger partial charge in [0.1, 0.15) is 0 Å². The predicted octanol–water partition coefficient (Wildman–Crippen LogP) is 5.73. The van der Waals surface area contributed by atoms with Gasteiger partial charge in [-0.05, 0) is 35.7 Å². The molecule has 0 amide bonds. The number of thiophene rings is 1. The molecule has 0 aliphatic heterocycles. The topological polar surface area (TPSA) is 43.1 Å². The number of nitro groups is 1. The third-order valence-electron chi connectivity index (χ3n) is 2.90. The van der Waals surface area contributed by atoms with Crippen LogP contribution in [0, 0.1) is 16.0 Å². The lowest BCUT2D eigenvalue weighted by molar-refractivity contribution is -0.427. The van der Waals surface area contributed by atoms with Gasteiger partial charge in [0.2, 0.25) is 5.70 Å².